The lowest BCUT2D eigenvalue weighted by molar-refractivity contribution is 0.0710. The maximum absolute atomic E-state index is 13.0. The number of likely N-dealkylation sites (tertiary alicyclic amines) is 1. The van der Waals surface area contributed by atoms with E-state index in [0.717, 1.165) is 38.5 Å². The maximum atomic E-state index is 13.0. The van der Waals surface area contributed by atoms with Crippen LogP contribution in [0.4, 0.5) is 0 Å². The molecule has 138 valence electrons. The molecule has 1 saturated carbocycles. The minimum Gasteiger partial charge on any atom is -0.337 e. The summed E-state index contributed by atoms with van der Waals surface area (Å²) in [6.45, 7) is 0.624. The van der Waals surface area contributed by atoms with Crippen molar-refractivity contribution in [2.45, 2.75) is 50.1 Å². The number of nitrogens with two attached hydrogens (primary N) is 1. The average molecular weight is 395 g/mol. The average Bonchev–Trinajstić information content (AvgIpc) is 3.33. The van der Waals surface area contributed by atoms with Crippen LogP contribution in [-0.4, -0.2) is 27.5 Å². The van der Waals surface area contributed by atoms with Crippen molar-refractivity contribution < 1.29 is 9.32 Å². The monoisotopic (exact) mass is 394 g/mol. The topological polar surface area (TPSA) is 85.2 Å². The Morgan fingerprint density at radius 2 is 1.88 bits per heavy atom. The number of hydrogen-bond acceptors (Lipinski definition) is 5. The molecule has 1 aliphatic carbocycles. The number of amides is 1. The van der Waals surface area contributed by atoms with Gasteiger partial charge in [-0.3, -0.25) is 4.79 Å². The van der Waals surface area contributed by atoms with Crippen molar-refractivity contribution in [2.24, 2.45) is 5.73 Å². The minimum atomic E-state index is -0.504. The van der Waals surface area contributed by atoms with Gasteiger partial charge in [-0.25, -0.2) is 0 Å². The van der Waals surface area contributed by atoms with Gasteiger partial charge < -0.3 is 15.2 Å². The normalized spacial score (nSPS) is 22.1. The van der Waals surface area contributed by atoms with Crippen LogP contribution >= 0.6 is 23.2 Å². The summed E-state index contributed by atoms with van der Waals surface area (Å²) in [6.07, 6.45) is 5.52. The van der Waals surface area contributed by atoms with Gasteiger partial charge in [-0.15, -0.1) is 0 Å². The number of halogens is 2. The van der Waals surface area contributed by atoms with Gasteiger partial charge in [0.25, 0.3) is 5.91 Å². The quantitative estimate of drug-likeness (QED) is 0.847. The van der Waals surface area contributed by atoms with Crippen molar-refractivity contribution in [2.75, 3.05) is 6.54 Å². The third kappa shape index (κ3) is 3.21. The highest BCUT2D eigenvalue weighted by molar-refractivity contribution is 6.35. The third-order valence-corrected chi connectivity index (χ3v) is 5.73. The SMILES string of the molecule is NC1(c2noc(C3CCCN3C(=O)c3cc(Cl)cc(Cl)c3)n2)CCCC1. The summed E-state index contributed by atoms with van der Waals surface area (Å²) in [5.74, 6) is 0.866. The fourth-order valence-electron chi connectivity index (χ4n) is 3.91. The summed E-state index contributed by atoms with van der Waals surface area (Å²) in [5.41, 5.74) is 6.37. The van der Waals surface area contributed by atoms with Crippen LogP contribution in [0.25, 0.3) is 0 Å². The predicted molar refractivity (Wildman–Crippen MR) is 98.1 cm³/mol. The molecule has 1 unspecified atom stereocenters. The van der Waals surface area contributed by atoms with E-state index in [2.05, 4.69) is 10.1 Å². The first-order valence-corrected chi connectivity index (χ1v) is 9.62. The first kappa shape index (κ1) is 17.8. The highest BCUT2D eigenvalue weighted by Crippen LogP contribution is 2.37. The van der Waals surface area contributed by atoms with Crippen LogP contribution in [0.3, 0.4) is 0 Å². The predicted octanol–water partition coefficient (Wildman–Crippen LogP) is 4.08. The molecular weight excluding hydrogens is 375 g/mol. The molecule has 26 heavy (non-hydrogen) atoms. The van der Waals surface area contributed by atoms with Crippen molar-refractivity contribution in [3.63, 3.8) is 0 Å². The van der Waals surface area contributed by atoms with E-state index in [0.29, 0.717) is 33.9 Å². The highest BCUT2D eigenvalue weighted by atomic mass is 35.5. The molecule has 6 nitrogen and oxygen atoms in total. The van der Waals surface area contributed by atoms with E-state index in [4.69, 9.17) is 33.5 Å². The van der Waals surface area contributed by atoms with Crippen LogP contribution in [0.2, 0.25) is 10.0 Å². The number of aromatic nitrogens is 2. The Hall–Kier alpha value is -1.63. The van der Waals surface area contributed by atoms with Crippen LogP contribution < -0.4 is 5.73 Å². The molecule has 2 aliphatic rings. The molecule has 2 fully saturated rings. The minimum absolute atomic E-state index is 0.139. The fourth-order valence-corrected chi connectivity index (χ4v) is 4.44. The van der Waals surface area contributed by atoms with Crippen LogP contribution in [-0.2, 0) is 5.54 Å². The van der Waals surface area contributed by atoms with Crippen LogP contribution in [0, 0.1) is 0 Å². The molecule has 0 spiro atoms. The second kappa shape index (κ2) is 6.83. The fraction of sp³-hybridized carbons (Fsp3) is 0.500. The Balaban J connectivity index is 1.59. The van der Waals surface area contributed by atoms with E-state index in [1.165, 1.54) is 0 Å². The first-order chi connectivity index (χ1) is 12.5. The van der Waals surface area contributed by atoms with Crippen molar-refractivity contribution in [1.82, 2.24) is 15.0 Å². The van der Waals surface area contributed by atoms with E-state index in [-0.39, 0.29) is 11.9 Å². The third-order valence-electron chi connectivity index (χ3n) is 5.29. The molecule has 1 saturated heterocycles. The Morgan fingerprint density at radius 1 is 1.19 bits per heavy atom. The Bertz CT molecular complexity index is 812. The highest BCUT2D eigenvalue weighted by Gasteiger charge is 2.39. The van der Waals surface area contributed by atoms with Gasteiger partial charge in [0.15, 0.2) is 5.82 Å². The summed E-state index contributed by atoms with van der Waals surface area (Å²) in [6, 6.07) is 4.61. The molecule has 1 atom stereocenters. The van der Waals surface area contributed by atoms with Crippen LogP contribution in [0.15, 0.2) is 22.7 Å². The summed E-state index contributed by atoms with van der Waals surface area (Å²) < 4.78 is 5.50. The largest absolute Gasteiger partial charge is 0.337 e. The number of benzene rings is 1. The number of hydrogen-bond donors (Lipinski definition) is 1. The van der Waals surface area contributed by atoms with Crippen LogP contribution in [0.5, 0.6) is 0 Å². The Morgan fingerprint density at radius 3 is 2.58 bits per heavy atom. The molecule has 2 aromatic rings. The lowest BCUT2D eigenvalue weighted by Crippen LogP contribution is -2.34. The van der Waals surface area contributed by atoms with Gasteiger partial charge >= 0.3 is 0 Å². The molecule has 2 heterocycles. The summed E-state index contributed by atoms with van der Waals surface area (Å²) in [4.78, 5) is 19.3. The Labute approximate surface area is 161 Å². The Kier molecular flexibility index (Phi) is 4.67. The van der Waals surface area contributed by atoms with Gasteiger partial charge in [-0.05, 0) is 43.9 Å². The smallest absolute Gasteiger partial charge is 0.254 e. The van der Waals surface area contributed by atoms with Gasteiger partial charge in [-0.2, -0.15) is 4.98 Å². The van der Waals surface area contributed by atoms with E-state index in [9.17, 15) is 4.79 Å². The zero-order chi connectivity index (χ0) is 18.3. The molecule has 1 aromatic carbocycles. The standard InChI is InChI=1S/C18H20Cl2N4O2/c19-12-8-11(9-13(20)10-12)16(25)24-7-3-4-14(24)15-22-17(23-26-15)18(21)5-1-2-6-18/h8-10,14H,1-7,21H2. The van der Waals surface area contributed by atoms with Crippen molar-refractivity contribution in [1.29, 1.82) is 0 Å². The molecular formula is C18H20Cl2N4O2. The summed E-state index contributed by atoms with van der Waals surface area (Å²) >= 11 is 12.1. The molecule has 0 radical (unpaired) electrons. The molecule has 1 amide bonds. The number of rotatable bonds is 3. The molecule has 8 heteroatoms. The zero-order valence-corrected chi connectivity index (χ0v) is 15.8. The number of carbonyl (C=O) groups excluding carboxylic acids is 1. The lowest BCUT2D eigenvalue weighted by Gasteiger charge is -2.22. The summed E-state index contributed by atoms with van der Waals surface area (Å²) in [5, 5.41) is 4.98. The number of carbonyl (C=O) groups is 1. The summed E-state index contributed by atoms with van der Waals surface area (Å²) in [7, 11) is 0. The van der Waals surface area contributed by atoms with Gasteiger partial charge in [0.2, 0.25) is 5.89 Å². The number of nitrogens with zero attached hydrogens (tertiary/aromatic N) is 3. The van der Waals surface area contributed by atoms with Gasteiger partial charge in [0.1, 0.15) is 6.04 Å². The van der Waals surface area contributed by atoms with E-state index in [1.807, 2.05) is 0 Å². The van der Waals surface area contributed by atoms with Crippen molar-refractivity contribution >= 4 is 29.1 Å². The molecule has 0 bridgehead atoms. The second-order valence-electron chi connectivity index (χ2n) is 7.13. The molecule has 1 aliphatic heterocycles. The van der Waals surface area contributed by atoms with Crippen molar-refractivity contribution in [3.05, 3.63) is 45.5 Å². The molecule has 2 N–H and O–H groups in total. The first-order valence-electron chi connectivity index (χ1n) is 8.86. The van der Waals surface area contributed by atoms with Gasteiger partial charge in [0.05, 0.1) is 5.54 Å². The molecule has 1 aromatic heterocycles. The van der Waals surface area contributed by atoms with Crippen LogP contribution in [0.1, 0.15) is 66.6 Å². The lowest BCUT2D eigenvalue weighted by atomic mass is 9.98. The van der Waals surface area contributed by atoms with Gasteiger partial charge in [-0.1, -0.05) is 41.2 Å². The zero-order valence-electron chi connectivity index (χ0n) is 14.3. The van der Waals surface area contributed by atoms with E-state index >= 15 is 0 Å². The van der Waals surface area contributed by atoms with Crippen molar-refractivity contribution in [3.8, 4) is 0 Å². The van der Waals surface area contributed by atoms with Gasteiger partial charge in [0, 0.05) is 22.2 Å². The molecule has 4 rings (SSSR count). The van der Waals surface area contributed by atoms with E-state index < -0.39 is 5.54 Å². The maximum Gasteiger partial charge on any atom is 0.254 e. The van der Waals surface area contributed by atoms with E-state index in [1.54, 1.807) is 23.1 Å². The second-order valence-corrected chi connectivity index (χ2v) is 8.01.